The van der Waals surface area contributed by atoms with E-state index in [-0.39, 0.29) is 39.8 Å². The molecule has 6 fully saturated rings. The molecule has 294 valence electrons. The van der Waals surface area contributed by atoms with Gasteiger partial charge in [0, 0.05) is 66.3 Å². The largest absolute Gasteiger partial charge is 0.396 e. The normalized spacial score (nSPS) is 25.0. The van der Waals surface area contributed by atoms with Crippen LogP contribution in [0.1, 0.15) is 47.1 Å². The van der Waals surface area contributed by atoms with Gasteiger partial charge in [0.2, 0.25) is 0 Å². The average molecular weight is 779 g/mol. The molecule has 14 heteroatoms. The van der Waals surface area contributed by atoms with E-state index in [1.165, 1.54) is 11.5 Å². The first kappa shape index (κ1) is 43.1. The van der Waals surface area contributed by atoms with Crippen LogP contribution in [0.3, 0.4) is 0 Å². The van der Waals surface area contributed by atoms with E-state index < -0.39 is 20.9 Å². The highest BCUT2D eigenvalue weighted by molar-refractivity contribution is 7.99. The van der Waals surface area contributed by atoms with E-state index in [1.807, 2.05) is 20.8 Å². The molecule has 0 unspecified atom stereocenters. The fourth-order valence-corrected chi connectivity index (χ4v) is 10.0. The Balaban J connectivity index is 0.000000158. The second kappa shape index (κ2) is 17.9. The lowest BCUT2D eigenvalue weighted by Crippen LogP contribution is -2.48. The Labute approximate surface area is 313 Å². The second-order valence-electron chi connectivity index (χ2n) is 17.7. The Morgan fingerprint density at radius 1 is 0.627 bits per heavy atom. The summed E-state index contributed by atoms with van der Waals surface area (Å²) in [7, 11) is -4.36. The first-order chi connectivity index (χ1) is 23.8. The van der Waals surface area contributed by atoms with Gasteiger partial charge in [-0.05, 0) is 19.1 Å². The Morgan fingerprint density at radius 3 is 1.25 bits per heavy atom. The molecular formula is C37H62O11S3. The van der Waals surface area contributed by atoms with Gasteiger partial charge in [-0.1, -0.05) is 59.2 Å². The summed E-state index contributed by atoms with van der Waals surface area (Å²) in [6.45, 7) is 24.6. The molecule has 11 nitrogen and oxygen atoms in total. The number of aryl methyl sites for hydroxylation is 1. The summed E-state index contributed by atoms with van der Waals surface area (Å²) in [5, 5.41) is 8.57. The number of thioether (sulfide) groups is 1. The summed E-state index contributed by atoms with van der Waals surface area (Å²) in [5.74, 6) is 4.04. The molecule has 6 saturated heterocycles. The third-order valence-electron chi connectivity index (χ3n) is 9.58. The molecule has 6 heterocycles. The summed E-state index contributed by atoms with van der Waals surface area (Å²) in [6.07, 6.45) is 0. The van der Waals surface area contributed by atoms with Crippen molar-refractivity contribution in [1.29, 1.82) is 0 Å². The molecule has 0 atom stereocenters. The van der Waals surface area contributed by atoms with Crippen molar-refractivity contribution >= 4 is 32.7 Å². The van der Waals surface area contributed by atoms with Crippen molar-refractivity contribution in [3.63, 3.8) is 0 Å². The summed E-state index contributed by atoms with van der Waals surface area (Å²) < 4.78 is 71.3. The van der Waals surface area contributed by atoms with Crippen LogP contribution in [-0.2, 0) is 53.5 Å². The zero-order valence-electron chi connectivity index (χ0n) is 31.8. The van der Waals surface area contributed by atoms with Gasteiger partial charge < -0.3 is 33.5 Å². The van der Waals surface area contributed by atoms with Crippen molar-refractivity contribution in [2.24, 2.45) is 32.5 Å². The van der Waals surface area contributed by atoms with Crippen LogP contribution in [0.4, 0.5) is 0 Å². The topological polar surface area (TPSA) is 136 Å². The predicted molar refractivity (Wildman–Crippen MR) is 200 cm³/mol. The summed E-state index contributed by atoms with van der Waals surface area (Å²) in [6, 6.07) is 6.63. The van der Waals surface area contributed by atoms with Gasteiger partial charge in [0.1, 0.15) is 0 Å². The number of benzene rings is 1. The minimum absolute atomic E-state index is 0.0972. The molecule has 0 spiro atoms. The van der Waals surface area contributed by atoms with Crippen LogP contribution in [0.15, 0.2) is 29.2 Å². The fraction of sp³-hybridized carbons (Fsp3) is 0.838. The minimum Gasteiger partial charge on any atom is -0.396 e. The molecule has 0 aromatic heterocycles. The van der Waals surface area contributed by atoms with E-state index in [4.69, 9.17) is 37.7 Å². The van der Waals surface area contributed by atoms with Gasteiger partial charge in [-0.3, -0.25) is 8.39 Å². The van der Waals surface area contributed by atoms with E-state index in [9.17, 15) is 12.6 Å². The van der Waals surface area contributed by atoms with Gasteiger partial charge in [-0.25, -0.2) is 0 Å². The standard InChI is InChI=1S/C12H16O4S.C10H18O3S.C10H18O2S.C5H10O2/c1-10-3-5-11(6-4-10)17(13,14)16-9-12(2)7-15-8-12;1-9(3-12-4-9)7-14(11)8-10(2)5-13-6-10;1-9(3-11-4-9)7-13-8-10(2)5-12-6-10;1-5(2-6)3-7-4-5/h3-6H,7-9H2,1-2H3;3-8H2,1-2H3;3-8H2,1-2H3;6H,2-4H2,1H3. The lowest BCUT2D eigenvalue weighted by atomic mass is 9.90. The third kappa shape index (κ3) is 13.3. The molecule has 0 bridgehead atoms. The van der Waals surface area contributed by atoms with Crippen LogP contribution >= 0.6 is 11.8 Å². The van der Waals surface area contributed by atoms with E-state index in [0.29, 0.717) is 24.0 Å². The van der Waals surface area contributed by atoms with Gasteiger partial charge in [0.15, 0.2) is 0 Å². The molecule has 51 heavy (non-hydrogen) atoms. The van der Waals surface area contributed by atoms with Crippen molar-refractivity contribution in [2.45, 2.75) is 53.4 Å². The summed E-state index contributed by atoms with van der Waals surface area (Å²) in [5.41, 5.74) is 2.22. The fourth-order valence-electron chi connectivity index (χ4n) is 5.58. The quantitative estimate of drug-likeness (QED) is 0.285. The molecule has 1 aromatic carbocycles. The average Bonchev–Trinajstić information content (AvgIpc) is 2.99. The number of hydrogen-bond acceptors (Lipinski definition) is 12. The van der Waals surface area contributed by atoms with E-state index in [0.717, 1.165) is 83.1 Å². The maximum atomic E-state index is 11.9. The van der Waals surface area contributed by atoms with Crippen molar-refractivity contribution in [2.75, 3.05) is 116 Å². The second-order valence-corrected chi connectivity index (χ2v) is 21.8. The zero-order valence-corrected chi connectivity index (χ0v) is 34.2. The minimum atomic E-state index is -3.64. The smallest absolute Gasteiger partial charge is 0.296 e. The summed E-state index contributed by atoms with van der Waals surface area (Å²) >= 11 is 2.06. The lowest BCUT2D eigenvalue weighted by molar-refractivity contribution is -0.125. The first-order valence-corrected chi connectivity index (χ1v) is 21.8. The number of aliphatic hydroxyl groups is 1. The highest BCUT2D eigenvalue weighted by atomic mass is 32.2. The van der Waals surface area contributed by atoms with E-state index in [2.05, 4.69) is 39.5 Å². The maximum absolute atomic E-state index is 11.9. The Morgan fingerprint density at radius 2 is 0.980 bits per heavy atom. The Kier molecular flexibility index (Phi) is 15.1. The van der Waals surface area contributed by atoms with Crippen LogP contribution in [0, 0.1) is 39.4 Å². The molecule has 0 amide bonds. The molecule has 6 aliphatic heterocycles. The van der Waals surface area contributed by atoms with Gasteiger partial charge in [-0.2, -0.15) is 20.2 Å². The van der Waals surface area contributed by atoms with E-state index in [1.54, 1.807) is 24.3 Å². The lowest BCUT2D eigenvalue weighted by Gasteiger charge is -2.41. The molecule has 1 aromatic rings. The molecule has 0 aliphatic carbocycles. The van der Waals surface area contributed by atoms with Crippen LogP contribution in [0.25, 0.3) is 0 Å². The zero-order chi connectivity index (χ0) is 37.4. The molecule has 7 rings (SSSR count). The maximum Gasteiger partial charge on any atom is 0.296 e. The number of aliphatic hydroxyl groups excluding tert-OH is 1. The number of ether oxygens (including phenoxy) is 6. The van der Waals surface area contributed by atoms with E-state index >= 15 is 0 Å². The van der Waals surface area contributed by atoms with Crippen molar-refractivity contribution in [1.82, 2.24) is 0 Å². The van der Waals surface area contributed by atoms with Crippen LogP contribution in [0.2, 0.25) is 0 Å². The Bertz CT molecular complexity index is 1310. The van der Waals surface area contributed by atoms with Crippen LogP contribution in [-0.4, -0.2) is 133 Å². The van der Waals surface area contributed by atoms with Gasteiger partial charge in [0.25, 0.3) is 10.1 Å². The SMILES string of the molecule is CC1(CO)COC1.CC1(CS(=O)CC2(C)COC2)COC1.CC1(CSCC2(C)COC2)COC1.Cc1ccc(S(=O)(=O)OCC2(C)COC2)cc1. The molecule has 0 saturated carbocycles. The molecule has 0 radical (unpaired) electrons. The predicted octanol–water partition coefficient (Wildman–Crippen LogP) is 4.35. The highest BCUT2D eigenvalue weighted by Gasteiger charge is 2.40. The molecule has 1 N–H and O–H groups in total. The molecule has 6 aliphatic rings. The highest BCUT2D eigenvalue weighted by Crippen LogP contribution is 2.36. The van der Waals surface area contributed by atoms with Gasteiger partial charge in [-0.15, -0.1) is 0 Å². The third-order valence-corrected chi connectivity index (χ3v) is 14.7. The van der Waals surface area contributed by atoms with Crippen molar-refractivity contribution in [3.8, 4) is 0 Å². The first-order valence-electron chi connectivity index (χ1n) is 17.8. The summed E-state index contributed by atoms with van der Waals surface area (Å²) in [4.78, 5) is 0.201. The van der Waals surface area contributed by atoms with Crippen LogP contribution < -0.4 is 0 Å². The molecular weight excluding hydrogens is 717 g/mol. The van der Waals surface area contributed by atoms with Crippen molar-refractivity contribution < 1.29 is 50.3 Å². The Hall–Kier alpha value is -0.650. The van der Waals surface area contributed by atoms with Gasteiger partial charge in [0.05, 0.1) is 97.4 Å². The van der Waals surface area contributed by atoms with Crippen LogP contribution in [0.5, 0.6) is 0 Å². The number of rotatable bonds is 13. The number of hydrogen-bond donors (Lipinski definition) is 1. The van der Waals surface area contributed by atoms with Crippen molar-refractivity contribution in [3.05, 3.63) is 29.8 Å². The monoisotopic (exact) mass is 778 g/mol. The van der Waals surface area contributed by atoms with Gasteiger partial charge >= 0.3 is 0 Å².